The molecule has 2 heterocycles. The van der Waals surface area contributed by atoms with Crippen LogP contribution in [-0.2, 0) is 10.0 Å². The number of benzene rings is 2. The van der Waals surface area contributed by atoms with Crippen molar-refractivity contribution < 1.29 is 22.3 Å². The Balaban J connectivity index is 1.78. The molecule has 12 heteroatoms. The minimum atomic E-state index is -4.34. The summed E-state index contributed by atoms with van der Waals surface area (Å²) in [5, 5.41) is 10.5. The number of nitrogens with one attached hydrogen (secondary N) is 1. The summed E-state index contributed by atoms with van der Waals surface area (Å²) in [7, 11) is -4.34. The van der Waals surface area contributed by atoms with Gasteiger partial charge in [-0.1, -0.05) is 43.9 Å². The van der Waals surface area contributed by atoms with Gasteiger partial charge in [-0.05, 0) is 31.4 Å². The molecule has 0 aliphatic carbocycles. The first kappa shape index (κ1) is 25.6. The summed E-state index contributed by atoms with van der Waals surface area (Å²) in [6.45, 7) is 5.41. The van der Waals surface area contributed by atoms with E-state index in [-0.39, 0.29) is 16.2 Å². The number of oxazole rings is 1. The largest absolute Gasteiger partial charge is 0.420 e. The van der Waals surface area contributed by atoms with E-state index in [9.17, 15) is 18.3 Å². The fraction of sp³-hybridized carbons (Fsp3) is 0.292. The Morgan fingerprint density at radius 1 is 1.28 bits per heavy atom. The second-order valence-corrected chi connectivity index (χ2v) is 10.5. The number of anilines is 1. The van der Waals surface area contributed by atoms with Gasteiger partial charge in [0.2, 0.25) is 5.13 Å². The number of sulfonamides is 1. The maximum absolute atomic E-state index is 15.0. The Labute approximate surface area is 210 Å². The van der Waals surface area contributed by atoms with E-state index in [0.717, 1.165) is 30.0 Å². The molecule has 2 aromatic heterocycles. The molecule has 0 spiro atoms. The first-order chi connectivity index (χ1) is 17.1. The average molecular weight is 531 g/mol. The second-order valence-electron chi connectivity index (χ2n) is 8.09. The van der Waals surface area contributed by atoms with Gasteiger partial charge in [-0.25, -0.2) is 22.6 Å². The van der Waals surface area contributed by atoms with Crippen LogP contribution in [0.15, 0.2) is 56.8 Å². The number of fused-ring (bicyclic) bond motifs is 1. The summed E-state index contributed by atoms with van der Waals surface area (Å²) in [5.74, 6) is 4.07. The number of aliphatic hydroxyl groups is 1. The minimum absolute atomic E-state index is 0.0297. The Morgan fingerprint density at radius 3 is 2.67 bits per heavy atom. The molecule has 188 valence electrons. The molecule has 0 saturated carbocycles. The highest BCUT2D eigenvalue weighted by molar-refractivity contribution is 7.93. The third-order valence-corrected chi connectivity index (χ3v) is 8.00. The van der Waals surface area contributed by atoms with Gasteiger partial charge < -0.3 is 9.52 Å². The molecule has 1 atom stereocenters. The average Bonchev–Trinajstić information content (AvgIpc) is 3.47. The molecule has 2 aromatic carbocycles. The van der Waals surface area contributed by atoms with Gasteiger partial charge >= 0.3 is 5.76 Å². The van der Waals surface area contributed by atoms with Crippen LogP contribution >= 0.6 is 11.5 Å². The van der Waals surface area contributed by atoms with E-state index in [4.69, 9.17) is 4.42 Å². The molecule has 4 aromatic rings. The van der Waals surface area contributed by atoms with Gasteiger partial charge in [-0.2, -0.15) is 4.37 Å². The van der Waals surface area contributed by atoms with Gasteiger partial charge in [-0.15, -0.1) is 0 Å². The Morgan fingerprint density at radius 2 is 2.00 bits per heavy atom. The quantitative estimate of drug-likeness (QED) is 0.347. The van der Waals surface area contributed by atoms with Crippen molar-refractivity contribution in [1.82, 2.24) is 13.9 Å². The summed E-state index contributed by atoms with van der Waals surface area (Å²) in [5.41, 5.74) is 0.0949. The summed E-state index contributed by atoms with van der Waals surface area (Å²) >= 11 is 0.793. The van der Waals surface area contributed by atoms with Crippen LogP contribution < -0.4 is 10.5 Å². The lowest BCUT2D eigenvalue weighted by Gasteiger charge is -2.18. The minimum Gasteiger partial charge on any atom is -0.408 e. The van der Waals surface area contributed by atoms with Crippen LogP contribution in [-0.4, -0.2) is 33.0 Å². The molecule has 0 saturated heterocycles. The molecule has 4 rings (SSSR count). The maximum atomic E-state index is 15.0. The summed E-state index contributed by atoms with van der Waals surface area (Å²) in [4.78, 5) is 15.9. The lowest BCUT2D eigenvalue weighted by atomic mass is 9.96. The predicted octanol–water partition coefficient (Wildman–Crippen LogP) is 3.90. The van der Waals surface area contributed by atoms with Crippen LogP contribution in [0.1, 0.15) is 50.8 Å². The third kappa shape index (κ3) is 4.90. The van der Waals surface area contributed by atoms with Crippen LogP contribution in [0.2, 0.25) is 0 Å². The summed E-state index contributed by atoms with van der Waals surface area (Å²) in [6.07, 6.45) is 2.08. The summed E-state index contributed by atoms with van der Waals surface area (Å²) < 4.78 is 52.8. The van der Waals surface area contributed by atoms with E-state index in [2.05, 4.69) is 25.9 Å². The monoisotopic (exact) mass is 530 g/mol. The standard InChI is InChI=1S/C24H23FN4O5S2/c1-4-24(31,5-2)11-10-16-8-6-7-9-17(16)15(3)29-19-12-18(25)21(13-20(19)34-23(29)30)36(32,33)28-22-26-14-27-35-22/h6-9,12-15,31H,4-5H2,1-3H3,(H,26,27,28)/t15-/m1/s1. The van der Waals surface area contributed by atoms with Crippen LogP contribution in [0.4, 0.5) is 9.52 Å². The predicted molar refractivity (Wildman–Crippen MR) is 134 cm³/mol. The number of hydrogen-bond acceptors (Lipinski definition) is 8. The summed E-state index contributed by atoms with van der Waals surface area (Å²) in [6, 6.07) is 8.39. The highest BCUT2D eigenvalue weighted by atomic mass is 32.2. The lowest BCUT2D eigenvalue weighted by Crippen LogP contribution is -2.24. The van der Waals surface area contributed by atoms with Crippen LogP contribution in [0, 0.1) is 17.7 Å². The van der Waals surface area contributed by atoms with Crippen molar-refractivity contribution in [3.63, 3.8) is 0 Å². The van der Waals surface area contributed by atoms with E-state index in [0.29, 0.717) is 24.0 Å². The van der Waals surface area contributed by atoms with E-state index in [1.165, 1.54) is 4.57 Å². The number of rotatable bonds is 7. The molecule has 0 aliphatic heterocycles. The van der Waals surface area contributed by atoms with Gasteiger partial charge in [0.15, 0.2) is 5.58 Å². The number of aromatic nitrogens is 3. The van der Waals surface area contributed by atoms with Crippen molar-refractivity contribution in [3.8, 4) is 11.8 Å². The molecule has 0 unspecified atom stereocenters. The molecule has 0 amide bonds. The van der Waals surface area contributed by atoms with Gasteiger partial charge in [0.05, 0.1) is 11.6 Å². The molecule has 36 heavy (non-hydrogen) atoms. The fourth-order valence-corrected chi connectivity index (χ4v) is 5.46. The van der Waals surface area contributed by atoms with E-state index in [1.807, 2.05) is 13.8 Å². The SMILES string of the molecule is CCC(O)(C#Cc1ccccc1[C@@H](C)n1c(=O)oc2cc(S(=O)(=O)Nc3ncns3)c(F)cc21)CC. The van der Waals surface area contributed by atoms with Crippen molar-refractivity contribution in [2.45, 2.75) is 50.2 Å². The molecule has 9 nitrogen and oxygen atoms in total. The van der Waals surface area contributed by atoms with Crippen molar-refractivity contribution >= 4 is 37.8 Å². The maximum Gasteiger partial charge on any atom is 0.420 e. The van der Waals surface area contributed by atoms with E-state index < -0.39 is 38.1 Å². The topological polar surface area (TPSA) is 127 Å². The van der Waals surface area contributed by atoms with Crippen molar-refractivity contribution in [2.75, 3.05) is 4.72 Å². The molecular formula is C24H23FN4O5S2. The van der Waals surface area contributed by atoms with Crippen LogP contribution in [0.3, 0.4) is 0 Å². The smallest absolute Gasteiger partial charge is 0.408 e. The van der Waals surface area contributed by atoms with Gasteiger partial charge in [0.25, 0.3) is 10.0 Å². The Kier molecular flexibility index (Phi) is 6.99. The molecule has 0 fully saturated rings. The Hall–Kier alpha value is -3.53. The molecule has 0 aliphatic rings. The first-order valence-electron chi connectivity index (χ1n) is 11.1. The number of hydrogen-bond donors (Lipinski definition) is 2. The Bertz CT molecular complexity index is 1630. The molecule has 2 N–H and O–H groups in total. The zero-order valence-electron chi connectivity index (χ0n) is 19.6. The first-order valence-corrected chi connectivity index (χ1v) is 13.3. The van der Waals surface area contributed by atoms with Crippen molar-refractivity contribution in [2.24, 2.45) is 0 Å². The molecule has 0 radical (unpaired) electrons. The van der Waals surface area contributed by atoms with Crippen molar-refractivity contribution in [1.29, 1.82) is 0 Å². The molecule has 0 bridgehead atoms. The highest BCUT2D eigenvalue weighted by Gasteiger charge is 2.26. The number of halogens is 1. The second kappa shape index (κ2) is 9.85. The van der Waals surface area contributed by atoms with E-state index in [1.54, 1.807) is 31.2 Å². The fourth-order valence-electron chi connectivity index (χ4n) is 3.72. The highest BCUT2D eigenvalue weighted by Crippen LogP contribution is 2.29. The zero-order valence-corrected chi connectivity index (χ0v) is 21.3. The van der Waals surface area contributed by atoms with Crippen LogP contribution in [0.5, 0.6) is 0 Å². The normalized spacial score (nSPS) is 12.8. The van der Waals surface area contributed by atoms with Crippen molar-refractivity contribution in [3.05, 3.63) is 70.2 Å². The van der Waals surface area contributed by atoms with E-state index >= 15 is 4.39 Å². The van der Waals surface area contributed by atoms with Gasteiger partial charge in [0, 0.05) is 29.2 Å². The number of nitrogens with zero attached hydrogens (tertiary/aromatic N) is 3. The van der Waals surface area contributed by atoms with Gasteiger partial charge in [0.1, 0.15) is 22.6 Å². The van der Waals surface area contributed by atoms with Crippen LogP contribution in [0.25, 0.3) is 11.1 Å². The zero-order chi connectivity index (χ0) is 26.1. The molecular weight excluding hydrogens is 507 g/mol. The third-order valence-electron chi connectivity index (χ3n) is 5.94. The van der Waals surface area contributed by atoms with Gasteiger partial charge in [-0.3, -0.25) is 9.29 Å². The lowest BCUT2D eigenvalue weighted by molar-refractivity contribution is 0.0931.